The summed E-state index contributed by atoms with van der Waals surface area (Å²) in [6, 6.07) is 64.8. The van der Waals surface area contributed by atoms with Crippen molar-refractivity contribution < 1.29 is 4.42 Å². The molecule has 14 rings (SSSR count). The first-order valence-electron chi connectivity index (χ1n) is 20.7. The Hall–Kier alpha value is -7.71. The van der Waals surface area contributed by atoms with E-state index >= 15 is 0 Å². The van der Waals surface area contributed by atoms with Crippen molar-refractivity contribution in [1.29, 1.82) is 0 Å². The van der Waals surface area contributed by atoms with E-state index in [1.807, 2.05) is 12.1 Å². The Morgan fingerprint density at radius 2 is 0.887 bits per heavy atom. The highest BCUT2D eigenvalue weighted by molar-refractivity contribution is 7.26. The van der Waals surface area contributed by atoms with Gasteiger partial charge in [0.05, 0.1) is 16.7 Å². The number of aromatic nitrogens is 4. The highest BCUT2D eigenvalue weighted by Crippen LogP contribution is 2.45. The van der Waals surface area contributed by atoms with Gasteiger partial charge < -0.3 is 8.98 Å². The second-order valence-electron chi connectivity index (χ2n) is 15.9. The molecule has 0 bridgehead atoms. The van der Waals surface area contributed by atoms with Crippen LogP contribution in [0.25, 0.3) is 135 Å². The van der Waals surface area contributed by atoms with E-state index < -0.39 is 0 Å². The summed E-state index contributed by atoms with van der Waals surface area (Å²) >= 11 is 3.57. The zero-order valence-electron chi connectivity index (χ0n) is 32.8. The fourth-order valence-electron chi connectivity index (χ4n) is 9.62. The summed E-state index contributed by atoms with van der Waals surface area (Å²) in [5, 5.41) is 11.6. The summed E-state index contributed by atoms with van der Waals surface area (Å²) in [5.41, 5.74) is 7.61. The van der Waals surface area contributed by atoms with Gasteiger partial charge in [0, 0.05) is 84.6 Å². The monoisotopic (exact) mass is 826 g/mol. The second-order valence-corrected chi connectivity index (χ2v) is 18.0. The zero-order chi connectivity index (χ0) is 40.5. The molecule has 288 valence electrons. The molecule has 0 aliphatic rings. The third-order valence-electron chi connectivity index (χ3n) is 12.4. The fraction of sp³-hybridized carbons (Fsp3) is 0. The minimum Gasteiger partial charge on any atom is -0.456 e. The van der Waals surface area contributed by atoms with Gasteiger partial charge in [-0.25, -0.2) is 15.0 Å². The Bertz CT molecular complexity index is 4060. The molecule has 0 fully saturated rings. The number of fused-ring (bicyclic) bond motifs is 13. The molecule has 0 aliphatic carbocycles. The van der Waals surface area contributed by atoms with Crippen molar-refractivity contribution in [3.63, 3.8) is 0 Å². The zero-order valence-corrected chi connectivity index (χ0v) is 34.5. The summed E-state index contributed by atoms with van der Waals surface area (Å²) in [6.45, 7) is 0. The second kappa shape index (κ2) is 12.9. The summed E-state index contributed by atoms with van der Waals surface area (Å²) in [4.78, 5) is 16.5. The van der Waals surface area contributed by atoms with Crippen LogP contribution in [-0.2, 0) is 0 Å². The van der Waals surface area contributed by atoms with Crippen molar-refractivity contribution >= 4 is 118 Å². The van der Waals surface area contributed by atoms with Crippen LogP contribution in [0.1, 0.15) is 0 Å². The SMILES string of the molecule is c1ccc2cc3c(cc2c1)c1ccccc1n3-c1cc2oc3ccccc3c2cc1-c1nc(-c2cccc3c2sc2ccccc23)nc(-c2cccc3c2sc2ccccc23)n1. The average Bonchev–Trinajstić information content (AvgIpc) is 4.09. The Morgan fingerprint density at radius 3 is 1.56 bits per heavy atom. The lowest BCUT2D eigenvalue weighted by atomic mass is 10.0. The number of thiophene rings is 2. The number of nitrogens with zero attached hydrogens (tertiary/aromatic N) is 4. The van der Waals surface area contributed by atoms with Crippen molar-refractivity contribution in [1.82, 2.24) is 19.5 Å². The third-order valence-corrected chi connectivity index (χ3v) is 14.9. The van der Waals surface area contributed by atoms with E-state index in [1.54, 1.807) is 22.7 Å². The number of para-hydroxylation sites is 2. The summed E-state index contributed by atoms with van der Waals surface area (Å²) in [7, 11) is 0. The predicted octanol–water partition coefficient (Wildman–Crippen LogP) is 15.8. The van der Waals surface area contributed by atoms with Gasteiger partial charge in [0.2, 0.25) is 0 Å². The van der Waals surface area contributed by atoms with Crippen LogP contribution >= 0.6 is 22.7 Å². The van der Waals surface area contributed by atoms with Gasteiger partial charge in [0.1, 0.15) is 11.2 Å². The van der Waals surface area contributed by atoms with Crippen LogP contribution in [0, 0.1) is 0 Å². The normalized spacial score (nSPS) is 12.2. The van der Waals surface area contributed by atoms with Crippen molar-refractivity contribution in [2.45, 2.75) is 0 Å². The van der Waals surface area contributed by atoms with Gasteiger partial charge in [-0.2, -0.15) is 0 Å². The Kier molecular flexibility index (Phi) is 7.08. The molecule has 0 aliphatic heterocycles. The lowest BCUT2D eigenvalue weighted by Crippen LogP contribution is -2.04. The first-order valence-corrected chi connectivity index (χ1v) is 22.3. The molecular weight excluding hydrogens is 797 g/mol. The van der Waals surface area contributed by atoms with Crippen molar-refractivity contribution in [3.05, 3.63) is 182 Å². The van der Waals surface area contributed by atoms with Crippen LogP contribution in [0.4, 0.5) is 0 Å². The van der Waals surface area contributed by atoms with E-state index in [9.17, 15) is 0 Å². The van der Waals surface area contributed by atoms with E-state index in [2.05, 4.69) is 174 Å². The van der Waals surface area contributed by atoms with Gasteiger partial charge in [-0.15, -0.1) is 22.7 Å². The van der Waals surface area contributed by atoms with Crippen LogP contribution in [0.3, 0.4) is 0 Å². The minimum absolute atomic E-state index is 0.593. The van der Waals surface area contributed by atoms with E-state index in [0.29, 0.717) is 17.5 Å². The molecular formula is C55H30N4OS2. The van der Waals surface area contributed by atoms with Crippen LogP contribution in [0.2, 0.25) is 0 Å². The Balaban J connectivity index is 1.13. The average molecular weight is 827 g/mol. The van der Waals surface area contributed by atoms with Gasteiger partial charge in [-0.05, 0) is 65.4 Å². The van der Waals surface area contributed by atoms with E-state index in [0.717, 1.165) is 64.7 Å². The summed E-state index contributed by atoms with van der Waals surface area (Å²) < 4.78 is 13.8. The summed E-state index contributed by atoms with van der Waals surface area (Å²) in [6.07, 6.45) is 0. The highest BCUT2D eigenvalue weighted by Gasteiger charge is 2.24. The lowest BCUT2D eigenvalue weighted by molar-refractivity contribution is 0.668. The molecule has 62 heavy (non-hydrogen) atoms. The molecule has 5 heterocycles. The van der Waals surface area contributed by atoms with Gasteiger partial charge in [0.15, 0.2) is 17.5 Å². The fourth-order valence-corrected chi connectivity index (χ4v) is 12.0. The highest BCUT2D eigenvalue weighted by atomic mass is 32.1. The summed E-state index contributed by atoms with van der Waals surface area (Å²) in [5.74, 6) is 1.86. The molecule has 14 aromatic rings. The van der Waals surface area contributed by atoms with E-state index in [4.69, 9.17) is 19.4 Å². The van der Waals surface area contributed by atoms with Crippen LogP contribution in [0.5, 0.6) is 0 Å². The van der Waals surface area contributed by atoms with Gasteiger partial charge >= 0.3 is 0 Å². The quantitative estimate of drug-likeness (QED) is 0.177. The number of hydrogen-bond donors (Lipinski definition) is 0. The topological polar surface area (TPSA) is 56.7 Å². The first-order chi connectivity index (χ1) is 30.7. The molecule has 0 N–H and O–H groups in total. The molecule has 0 spiro atoms. The van der Waals surface area contributed by atoms with Crippen LogP contribution < -0.4 is 0 Å². The maximum absolute atomic E-state index is 6.65. The largest absolute Gasteiger partial charge is 0.456 e. The lowest BCUT2D eigenvalue weighted by Gasteiger charge is -2.15. The molecule has 0 unspecified atom stereocenters. The molecule has 5 aromatic heterocycles. The number of furan rings is 1. The number of benzene rings is 9. The first kappa shape index (κ1) is 34.0. The third kappa shape index (κ3) is 4.92. The maximum Gasteiger partial charge on any atom is 0.166 e. The van der Waals surface area contributed by atoms with Gasteiger partial charge in [-0.1, -0.05) is 121 Å². The van der Waals surface area contributed by atoms with Crippen LogP contribution in [0.15, 0.2) is 186 Å². The van der Waals surface area contributed by atoms with Crippen molar-refractivity contribution in [2.24, 2.45) is 0 Å². The Morgan fingerprint density at radius 1 is 0.355 bits per heavy atom. The molecule has 0 amide bonds. The maximum atomic E-state index is 6.65. The molecule has 0 atom stereocenters. The number of hydrogen-bond acceptors (Lipinski definition) is 6. The van der Waals surface area contributed by atoms with Gasteiger partial charge in [-0.3, -0.25) is 0 Å². The van der Waals surface area contributed by atoms with E-state index in [-0.39, 0.29) is 0 Å². The van der Waals surface area contributed by atoms with E-state index in [1.165, 1.54) is 52.5 Å². The predicted molar refractivity (Wildman–Crippen MR) is 261 cm³/mol. The number of rotatable bonds is 4. The molecule has 0 saturated carbocycles. The van der Waals surface area contributed by atoms with Crippen molar-refractivity contribution in [3.8, 4) is 39.9 Å². The molecule has 5 nitrogen and oxygen atoms in total. The smallest absolute Gasteiger partial charge is 0.166 e. The Labute approximate surface area is 361 Å². The molecule has 0 radical (unpaired) electrons. The molecule has 9 aromatic carbocycles. The molecule has 7 heteroatoms. The molecule has 0 saturated heterocycles. The standard InChI is InChI=1S/C55H30N4OS2/c1-2-14-32-28-45-41(27-31(32)13-1)33-15-3-7-23-44(33)59(45)46-30-48-42(34-16-4-8-24-47(34)60-48)29-43(46)55-57-53(39-21-11-19-37-35-17-5-9-25-49(35)61-51(37)39)56-54(58-55)40-22-12-20-38-36-18-6-10-26-50(36)62-52(38)40/h1-30H. The van der Waals surface area contributed by atoms with Gasteiger partial charge in [0.25, 0.3) is 0 Å². The van der Waals surface area contributed by atoms with Crippen molar-refractivity contribution in [2.75, 3.05) is 0 Å². The minimum atomic E-state index is 0.593. The van der Waals surface area contributed by atoms with Crippen LogP contribution in [-0.4, -0.2) is 19.5 Å².